The third kappa shape index (κ3) is 3.12. The number of aryl methyl sites for hydroxylation is 2. The number of rotatable bonds is 5. The van der Waals surface area contributed by atoms with Gasteiger partial charge in [0.1, 0.15) is 17.8 Å². The van der Waals surface area contributed by atoms with Crippen LogP contribution in [0.25, 0.3) is 16.7 Å². The Balaban J connectivity index is 1.76. The van der Waals surface area contributed by atoms with Crippen molar-refractivity contribution in [2.75, 3.05) is 0 Å². The van der Waals surface area contributed by atoms with Crippen LogP contribution in [0, 0.1) is 13.8 Å². The first kappa shape index (κ1) is 16.8. The molecule has 2 aromatic heterocycles. The normalized spacial score (nSPS) is 14.5. The Bertz CT molecular complexity index is 1010. The maximum absolute atomic E-state index is 12.2. The Hall–Kier alpha value is -2.61. The fourth-order valence-electron chi connectivity index (χ4n) is 3.29. The molecule has 6 nitrogen and oxygen atoms in total. The lowest BCUT2D eigenvalue weighted by molar-refractivity contribution is -0.138. The van der Waals surface area contributed by atoms with Crippen molar-refractivity contribution in [3.63, 3.8) is 0 Å². The number of ether oxygens (including phenoxy) is 1. The highest BCUT2D eigenvalue weighted by molar-refractivity contribution is 5.73. The van der Waals surface area contributed by atoms with Gasteiger partial charge >= 0.3 is 6.61 Å². The lowest BCUT2D eigenvalue weighted by atomic mass is 10.0. The quantitative estimate of drug-likeness (QED) is 0.757. The van der Waals surface area contributed by atoms with Crippen LogP contribution in [0.3, 0.4) is 0 Å². The number of nitrogens with zero attached hydrogens (tertiary/aromatic N) is 3. The number of hydrogen-bond acceptors (Lipinski definition) is 4. The minimum Gasteiger partial charge on any atom is -0.315 e. The molecule has 136 valence electrons. The number of benzene rings is 1. The third-order valence-corrected chi connectivity index (χ3v) is 4.58. The van der Waals surface area contributed by atoms with Crippen molar-refractivity contribution in [1.29, 1.82) is 0 Å². The summed E-state index contributed by atoms with van der Waals surface area (Å²) in [7, 11) is 0. The molecule has 0 atom stereocenters. The van der Waals surface area contributed by atoms with Gasteiger partial charge in [0.05, 0.1) is 5.69 Å². The van der Waals surface area contributed by atoms with Crippen molar-refractivity contribution in [3.05, 3.63) is 51.2 Å². The Morgan fingerprint density at radius 2 is 2.00 bits per heavy atom. The Morgan fingerprint density at radius 3 is 2.62 bits per heavy atom. The van der Waals surface area contributed by atoms with Crippen LogP contribution in [0.15, 0.2) is 23.1 Å². The van der Waals surface area contributed by atoms with Crippen LogP contribution < -0.4 is 5.56 Å². The predicted molar refractivity (Wildman–Crippen MR) is 91.7 cm³/mol. The van der Waals surface area contributed by atoms with Gasteiger partial charge in [-0.1, -0.05) is 12.1 Å². The largest absolute Gasteiger partial charge is 0.345 e. The highest BCUT2D eigenvalue weighted by atomic mass is 19.3. The van der Waals surface area contributed by atoms with Crippen LogP contribution in [-0.2, 0) is 11.3 Å². The molecule has 0 radical (unpaired) electrons. The van der Waals surface area contributed by atoms with Gasteiger partial charge in [-0.15, -0.1) is 5.10 Å². The number of nitrogens with one attached hydrogen (secondary N) is 1. The molecule has 1 saturated carbocycles. The summed E-state index contributed by atoms with van der Waals surface area (Å²) >= 11 is 0. The van der Waals surface area contributed by atoms with Crippen molar-refractivity contribution in [1.82, 2.24) is 19.7 Å². The molecule has 0 spiro atoms. The lowest BCUT2D eigenvalue weighted by Gasteiger charge is -2.12. The molecule has 0 saturated heterocycles. The number of aromatic nitrogens is 4. The minimum atomic E-state index is -2.93. The number of alkyl halides is 2. The molecule has 0 aliphatic heterocycles. The fraction of sp³-hybridized carbons (Fsp3) is 0.389. The molecule has 1 aliphatic rings. The molecule has 1 N–H and O–H groups in total. The average Bonchev–Trinajstić information content (AvgIpc) is 3.33. The zero-order valence-corrected chi connectivity index (χ0v) is 14.4. The van der Waals surface area contributed by atoms with Gasteiger partial charge < -0.3 is 9.72 Å². The highest BCUT2D eigenvalue weighted by Gasteiger charge is 2.25. The van der Waals surface area contributed by atoms with E-state index >= 15 is 0 Å². The smallest absolute Gasteiger partial charge is 0.315 e. The van der Waals surface area contributed by atoms with Gasteiger partial charge in [-0.3, -0.25) is 4.79 Å². The van der Waals surface area contributed by atoms with E-state index < -0.39 is 18.8 Å². The number of fused-ring (bicyclic) bond motifs is 1. The second-order valence-corrected chi connectivity index (χ2v) is 6.67. The molecule has 1 fully saturated rings. The summed E-state index contributed by atoms with van der Waals surface area (Å²) in [5.74, 6) is 0.672. The molecule has 26 heavy (non-hydrogen) atoms. The highest BCUT2D eigenvalue weighted by Crippen LogP contribution is 2.41. The molecule has 8 heteroatoms. The van der Waals surface area contributed by atoms with Crippen LogP contribution in [0.1, 0.15) is 41.3 Å². The van der Waals surface area contributed by atoms with E-state index in [-0.39, 0.29) is 11.5 Å². The van der Waals surface area contributed by atoms with Crippen LogP contribution in [0.4, 0.5) is 8.78 Å². The molecule has 0 bridgehead atoms. The first-order valence-corrected chi connectivity index (χ1v) is 8.42. The summed E-state index contributed by atoms with van der Waals surface area (Å²) in [4.78, 5) is 18.8. The van der Waals surface area contributed by atoms with Crippen molar-refractivity contribution >= 4 is 11.0 Å². The number of halogens is 2. The van der Waals surface area contributed by atoms with Gasteiger partial charge in [0, 0.05) is 6.20 Å². The number of hydrogen-bond donors (Lipinski definition) is 1. The van der Waals surface area contributed by atoms with Gasteiger partial charge in [-0.2, -0.15) is 8.78 Å². The van der Waals surface area contributed by atoms with Crippen molar-refractivity contribution in [2.24, 2.45) is 0 Å². The van der Waals surface area contributed by atoms with E-state index in [1.54, 1.807) is 10.9 Å². The molecular formula is C18H18F2N4O2. The Morgan fingerprint density at radius 1 is 1.31 bits per heavy atom. The van der Waals surface area contributed by atoms with Gasteiger partial charge in [0.2, 0.25) is 0 Å². The second-order valence-electron chi connectivity index (χ2n) is 6.67. The van der Waals surface area contributed by atoms with E-state index in [1.165, 1.54) is 18.4 Å². The van der Waals surface area contributed by atoms with E-state index in [9.17, 15) is 13.6 Å². The standard InChI is InChI=1S/C18H18F2N4O2/c1-9-5-12(11-3-4-11)6-10(2)15(9)24-7-13-16(23-24)21-14(22-17(13)25)8-26-18(19)20/h5-7,11,18H,3-4,8H2,1-2H3,(H,21,22,23,25). The summed E-state index contributed by atoms with van der Waals surface area (Å²) in [6.45, 7) is 0.619. The van der Waals surface area contributed by atoms with Gasteiger partial charge in [-0.25, -0.2) is 9.67 Å². The van der Waals surface area contributed by atoms with E-state index in [4.69, 9.17) is 0 Å². The maximum Gasteiger partial charge on any atom is 0.345 e. The molecule has 0 amide bonds. The minimum absolute atomic E-state index is 0.0191. The SMILES string of the molecule is Cc1cc(C2CC2)cc(C)c1-n1cc2c(=O)[nH]c(COC(F)F)nc2n1. The first-order valence-electron chi connectivity index (χ1n) is 8.42. The number of aromatic amines is 1. The topological polar surface area (TPSA) is 72.8 Å². The molecule has 1 aromatic carbocycles. The molecule has 4 rings (SSSR count). The lowest BCUT2D eigenvalue weighted by Crippen LogP contribution is -2.13. The average molecular weight is 360 g/mol. The summed E-state index contributed by atoms with van der Waals surface area (Å²) in [6.07, 6.45) is 4.07. The summed E-state index contributed by atoms with van der Waals surface area (Å²) < 4.78 is 30.2. The van der Waals surface area contributed by atoms with Crippen LogP contribution in [-0.4, -0.2) is 26.4 Å². The molecule has 3 aromatic rings. The maximum atomic E-state index is 12.2. The van der Waals surface area contributed by atoms with E-state index in [0.717, 1.165) is 16.8 Å². The molecule has 0 unspecified atom stereocenters. The molecular weight excluding hydrogens is 342 g/mol. The fourth-order valence-corrected chi connectivity index (χ4v) is 3.29. The third-order valence-electron chi connectivity index (χ3n) is 4.58. The zero-order valence-electron chi connectivity index (χ0n) is 14.4. The summed E-state index contributed by atoms with van der Waals surface area (Å²) in [5.41, 5.74) is 4.14. The van der Waals surface area contributed by atoms with Crippen molar-refractivity contribution in [3.8, 4) is 5.69 Å². The predicted octanol–water partition coefficient (Wildman–Crippen LogP) is 3.34. The van der Waals surface area contributed by atoms with Crippen LogP contribution >= 0.6 is 0 Å². The monoisotopic (exact) mass is 360 g/mol. The van der Waals surface area contributed by atoms with Gasteiger partial charge in [-0.05, 0) is 49.3 Å². The van der Waals surface area contributed by atoms with E-state index in [0.29, 0.717) is 11.3 Å². The Labute approximate surface area is 147 Å². The zero-order chi connectivity index (χ0) is 18.4. The van der Waals surface area contributed by atoms with E-state index in [1.807, 2.05) is 13.8 Å². The van der Waals surface area contributed by atoms with E-state index in [2.05, 4.69) is 31.9 Å². The first-order chi connectivity index (χ1) is 12.4. The molecule has 2 heterocycles. The summed E-state index contributed by atoms with van der Waals surface area (Å²) in [6, 6.07) is 4.32. The number of H-pyrrole nitrogens is 1. The van der Waals surface area contributed by atoms with Gasteiger partial charge in [0.25, 0.3) is 5.56 Å². The van der Waals surface area contributed by atoms with Crippen molar-refractivity contribution < 1.29 is 13.5 Å². The second kappa shape index (κ2) is 6.28. The summed E-state index contributed by atoms with van der Waals surface area (Å²) in [5, 5.41) is 4.69. The van der Waals surface area contributed by atoms with Gasteiger partial charge in [0.15, 0.2) is 5.65 Å². The van der Waals surface area contributed by atoms with Crippen molar-refractivity contribution in [2.45, 2.75) is 45.8 Å². The van der Waals surface area contributed by atoms with Crippen LogP contribution in [0.5, 0.6) is 0 Å². The van der Waals surface area contributed by atoms with Crippen LogP contribution in [0.2, 0.25) is 0 Å². The molecule has 1 aliphatic carbocycles. The Kier molecular flexibility index (Phi) is 4.07.